The number of nitrogens with zero attached hydrogens (tertiary/aromatic N) is 3. The predicted octanol–water partition coefficient (Wildman–Crippen LogP) is 5.89. The number of rotatable bonds is 3. The van der Waals surface area contributed by atoms with Gasteiger partial charge in [0.2, 0.25) is 0 Å². The lowest BCUT2D eigenvalue weighted by Crippen LogP contribution is -2.40. The van der Waals surface area contributed by atoms with Crippen molar-refractivity contribution in [3.63, 3.8) is 0 Å². The third kappa shape index (κ3) is 4.80. The summed E-state index contributed by atoms with van der Waals surface area (Å²) >= 11 is 1.77. The molecule has 0 radical (unpaired) electrons. The van der Waals surface area contributed by atoms with Gasteiger partial charge >= 0.3 is 6.03 Å². The van der Waals surface area contributed by atoms with Gasteiger partial charge < -0.3 is 15.1 Å². The summed E-state index contributed by atoms with van der Waals surface area (Å²) in [6.07, 6.45) is 3.98. The number of amides is 3. The maximum Gasteiger partial charge on any atom is 0.321 e. The van der Waals surface area contributed by atoms with Crippen molar-refractivity contribution in [1.82, 2.24) is 14.8 Å². The van der Waals surface area contributed by atoms with E-state index in [1.807, 2.05) is 41.0 Å². The van der Waals surface area contributed by atoms with Crippen molar-refractivity contribution in [3.8, 4) is 0 Å². The van der Waals surface area contributed by atoms with Crippen LogP contribution in [0.2, 0.25) is 0 Å². The first-order valence-electron chi connectivity index (χ1n) is 12.3. The number of fused-ring (bicyclic) bond motifs is 1. The summed E-state index contributed by atoms with van der Waals surface area (Å²) < 4.78 is 1.23. The third-order valence-electron chi connectivity index (χ3n) is 7.23. The van der Waals surface area contributed by atoms with E-state index in [1.165, 1.54) is 9.71 Å². The van der Waals surface area contributed by atoms with Gasteiger partial charge in [-0.1, -0.05) is 19.1 Å². The predicted molar refractivity (Wildman–Crippen MR) is 138 cm³/mol. The Kier molecular flexibility index (Phi) is 6.55. The summed E-state index contributed by atoms with van der Waals surface area (Å²) in [4.78, 5) is 34.4. The molecular formula is C27H32N4O2S. The van der Waals surface area contributed by atoms with E-state index in [0.717, 1.165) is 68.6 Å². The van der Waals surface area contributed by atoms with E-state index < -0.39 is 0 Å². The van der Waals surface area contributed by atoms with Crippen LogP contribution in [0, 0.1) is 12.8 Å². The average molecular weight is 477 g/mol. The second-order valence-corrected chi connectivity index (χ2v) is 10.8. The van der Waals surface area contributed by atoms with Crippen LogP contribution in [-0.2, 0) is 0 Å². The maximum atomic E-state index is 12.9. The number of thiazole rings is 1. The van der Waals surface area contributed by atoms with E-state index in [0.29, 0.717) is 17.4 Å². The molecule has 6 nitrogen and oxygen atoms in total. The Hall–Kier alpha value is -2.93. The monoisotopic (exact) mass is 476 g/mol. The topological polar surface area (TPSA) is 65.5 Å². The molecule has 1 N–H and O–H groups in total. The molecule has 3 heterocycles. The summed E-state index contributed by atoms with van der Waals surface area (Å²) in [7, 11) is 0. The van der Waals surface area contributed by atoms with Crippen LogP contribution in [0.25, 0.3) is 10.2 Å². The van der Waals surface area contributed by atoms with Gasteiger partial charge in [-0.05, 0) is 74.4 Å². The molecule has 3 amide bonds. The van der Waals surface area contributed by atoms with Crippen molar-refractivity contribution in [1.29, 1.82) is 0 Å². The molecule has 0 atom stereocenters. The molecule has 0 spiro atoms. The number of hydrogen-bond donors (Lipinski definition) is 1. The minimum Gasteiger partial charge on any atom is -0.339 e. The Balaban J connectivity index is 1.17. The highest BCUT2D eigenvalue weighted by Crippen LogP contribution is 2.34. The Morgan fingerprint density at radius 1 is 0.971 bits per heavy atom. The molecule has 2 aromatic carbocycles. The van der Waals surface area contributed by atoms with Gasteiger partial charge in [0, 0.05) is 43.3 Å². The molecule has 2 aliphatic rings. The third-order valence-corrected chi connectivity index (χ3v) is 8.43. The molecule has 0 saturated carbocycles. The summed E-state index contributed by atoms with van der Waals surface area (Å²) in [5.41, 5.74) is 3.44. The number of carbonyl (C=O) groups excluding carboxylic acids is 2. The lowest BCUT2D eigenvalue weighted by molar-refractivity contribution is 0.0697. The van der Waals surface area contributed by atoms with Crippen molar-refractivity contribution in [2.75, 3.05) is 31.5 Å². The minimum absolute atomic E-state index is 0.0741. The van der Waals surface area contributed by atoms with Gasteiger partial charge in [-0.2, -0.15) is 0 Å². The lowest BCUT2D eigenvalue weighted by atomic mass is 9.98. The van der Waals surface area contributed by atoms with E-state index >= 15 is 0 Å². The van der Waals surface area contributed by atoms with Crippen LogP contribution in [0.5, 0.6) is 0 Å². The number of piperidine rings is 2. The zero-order valence-electron chi connectivity index (χ0n) is 19.9. The number of benzene rings is 2. The minimum atomic E-state index is -0.0741. The highest BCUT2D eigenvalue weighted by atomic mass is 32.1. The molecule has 34 heavy (non-hydrogen) atoms. The van der Waals surface area contributed by atoms with Crippen LogP contribution in [-0.4, -0.2) is 52.9 Å². The van der Waals surface area contributed by atoms with Crippen LogP contribution >= 0.6 is 11.3 Å². The molecule has 0 unspecified atom stereocenters. The molecule has 2 fully saturated rings. The van der Waals surface area contributed by atoms with Gasteiger partial charge in [0.15, 0.2) is 0 Å². The fourth-order valence-electron chi connectivity index (χ4n) is 4.92. The van der Waals surface area contributed by atoms with Crippen LogP contribution < -0.4 is 5.32 Å². The van der Waals surface area contributed by atoms with E-state index in [2.05, 4.69) is 30.4 Å². The lowest BCUT2D eigenvalue weighted by Gasteiger charge is -2.31. The van der Waals surface area contributed by atoms with Crippen molar-refractivity contribution >= 4 is 39.2 Å². The summed E-state index contributed by atoms with van der Waals surface area (Å²) in [5, 5.41) is 4.24. The fraction of sp³-hybridized carbons (Fsp3) is 0.444. The Morgan fingerprint density at radius 3 is 2.38 bits per heavy atom. The molecule has 0 aliphatic carbocycles. The summed E-state index contributed by atoms with van der Waals surface area (Å²) in [6, 6.07) is 13.8. The smallest absolute Gasteiger partial charge is 0.321 e. The van der Waals surface area contributed by atoms with Crippen LogP contribution in [0.4, 0.5) is 10.5 Å². The normalized spacial score (nSPS) is 17.8. The van der Waals surface area contributed by atoms with Crippen LogP contribution in [0.15, 0.2) is 42.5 Å². The van der Waals surface area contributed by atoms with Crippen molar-refractivity contribution < 1.29 is 9.59 Å². The highest BCUT2D eigenvalue weighted by Gasteiger charge is 2.27. The number of likely N-dealkylation sites (tertiary alicyclic amines) is 2. The summed E-state index contributed by atoms with van der Waals surface area (Å²) in [6.45, 7) is 7.27. The average Bonchev–Trinajstić information content (AvgIpc) is 3.30. The quantitative estimate of drug-likeness (QED) is 0.513. The Bertz CT molecular complexity index is 1160. The first-order valence-corrected chi connectivity index (χ1v) is 13.1. The molecular weight excluding hydrogens is 444 g/mol. The van der Waals surface area contributed by atoms with Gasteiger partial charge in [-0.15, -0.1) is 11.3 Å². The van der Waals surface area contributed by atoms with Gasteiger partial charge in [0.1, 0.15) is 0 Å². The van der Waals surface area contributed by atoms with E-state index in [9.17, 15) is 9.59 Å². The van der Waals surface area contributed by atoms with Crippen LogP contribution in [0.3, 0.4) is 0 Å². The maximum absolute atomic E-state index is 12.9. The number of aryl methyl sites for hydroxylation is 1. The van der Waals surface area contributed by atoms with Crippen LogP contribution in [0.1, 0.15) is 59.5 Å². The van der Waals surface area contributed by atoms with Crippen molar-refractivity contribution in [3.05, 3.63) is 58.6 Å². The van der Waals surface area contributed by atoms with E-state index in [4.69, 9.17) is 4.98 Å². The van der Waals surface area contributed by atoms with Gasteiger partial charge in [-0.25, -0.2) is 9.78 Å². The van der Waals surface area contributed by atoms with Crippen molar-refractivity contribution in [2.24, 2.45) is 5.92 Å². The zero-order valence-corrected chi connectivity index (χ0v) is 20.7. The molecule has 178 valence electrons. The number of hydrogen-bond acceptors (Lipinski definition) is 4. The molecule has 3 aromatic rings. The summed E-state index contributed by atoms with van der Waals surface area (Å²) in [5.74, 6) is 1.19. The first-order chi connectivity index (χ1) is 16.5. The van der Waals surface area contributed by atoms with Gasteiger partial charge in [0.05, 0.1) is 15.2 Å². The van der Waals surface area contributed by atoms with Gasteiger partial charge in [-0.3, -0.25) is 4.79 Å². The SMILES string of the molecule is Cc1cc(C(=O)N2CCC(C)CC2)ccc1NC(=O)N1CCC(c2nc3ccccc3s2)CC1. The second-order valence-electron chi connectivity index (χ2n) is 9.72. The second kappa shape index (κ2) is 9.74. The largest absolute Gasteiger partial charge is 0.339 e. The number of aromatic nitrogens is 1. The first kappa shape index (κ1) is 22.8. The molecule has 2 saturated heterocycles. The van der Waals surface area contributed by atoms with E-state index in [-0.39, 0.29) is 11.9 Å². The number of anilines is 1. The van der Waals surface area contributed by atoms with Gasteiger partial charge in [0.25, 0.3) is 5.91 Å². The molecule has 2 aliphatic heterocycles. The molecule has 1 aromatic heterocycles. The molecule has 5 rings (SSSR count). The fourth-order valence-corrected chi connectivity index (χ4v) is 6.06. The number of carbonyl (C=O) groups is 2. The molecule has 7 heteroatoms. The zero-order chi connectivity index (χ0) is 23.7. The van der Waals surface area contributed by atoms with E-state index in [1.54, 1.807) is 11.3 Å². The number of nitrogens with one attached hydrogen (secondary N) is 1. The Labute approximate surface area is 205 Å². The standard InChI is InChI=1S/C27H32N4O2S/c1-18-9-13-30(14-10-18)26(32)21-7-8-22(19(2)17-21)29-27(33)31-15-11-20(12-16-31)25-28-23-5-3-4-6-24(23)34-25/h3-8,17-18,20H,9-16H2,1-2H3,(H,29,33). The Morgan fingerprint density at radius 2 is 1.68 bits per heavy atom. The van der Waals surface area contributed by atoms with Crippen molar-refractivity contribution in [2.45, 2.75) is 45.4 Å². The highest BCUT2D eigenvalue weighted by molar-refractivity contribution is 7.18. The number of para-hydroxylation sites is 1. The number of urea groups is 1. The molecule has 0 bridgehead atoms.